The van der Waals surface area contributed by atoms with Crippen molar-refractivity contribution in [2.45, 2.75) is 25.7 Å². The summed E-state index contributed by atoms with van der Waals surface area (Å²) in [5.74, 6) is -0.358. The molecule has 0 saturated carbocycles. The molecule has 0 saturated heterocycles. The fraction of sp³-hybridized carbons (Fsp3) is 0.174. The van der Waals surface area contributed by atoms with E-state index in [0.29, 0.717) is 11.4 Å². The van der Waals surface area contributed by atoms with E-state index in [4.69, 9.17) is 0 Å². The Morgan fingerprint density at radius 1 is 0.862 bits per heavy atom. The molecule has 0 aliphatic rings. The Balaban J connectivity index is 1.87. The third kappa shape index (κ3) is 4.49. The highest BCUT2D eigenvalue weighted by Gasteiger charge is 2.22. The number of hydrogen-bond acceptors (Lipinski definition) is 3. The minimum atomic E-state index is -3.80. The predicted octanol–water partition coefficient (Wildman–Crippen LogP) is 4.69. The first-order valence-corrected chi connectivity index (χ1v) is 10.7. The van der Waals surface area contributed by atoms with Crippen LogP contribution in [0.5, 0.6) is 0 Å². The van der Waals surface area contributed by atoms with E-state index in [1.165, 1.54) is 23.5 Å². The van der Waals surface area contributed by atoms with Crippen LogP contribution in [-0.4, -0.2) is 21.4 Å². The van der Waals surface area contributed by atoms with Crippen molar-refractivity contribution < 1.29 is 13.2 Å². The lowest BCUT2D eigenvalue weighted by atomic mass is 10.1. The summed E-state index contributed by atoms with van der Waals surface area (Å²) in [5.41, 5.74) is 4.68. The maximum absolute atomic E-state index is 13.1. The number of benzene rings is 3. The second kappa shape index (κ2) is 8.09. The van der Waals surface area contributed by atoms with Crippen LogP contribution in [0.2, 0.25) is 0 Å². The van der Waals surface area contributed by atoms with Crippen LogP contribution >= 0.6 is 0 Å². The third-order valence-corrected chi connectivity index (χ3v) is 6.67. The minimum absolute atomic E-state index is 0.0641. The Bertz CT molecular complexity index is 1170. The molecule has 0 aliphatic heterocycles. The summed E-state index contributed by atoms with van der Waals surface area (Å²) < 4.78 is 27.3. The number of nitrogens with zero attached hydrogens (tertiary/aromatic N) is 1. The minimum Gasteiger partial charge on any atom is -0.322 e. The van der Waals surface area contributed by atoms with Crippen molar-refractivity contribution in [1.82, 2.24) is 0 Å². The number of nitrogens with one attached hydrogen (secondary N) is 1. The second-order valence-corrected chi connectivity index (χ2v) is 9.06. The smallest absolute Gasteiger partial charge is 0.264 e. The van der Waals surface area contributed by atoms with Gasteiger partial charge in [0.05, 0.1) is 10.6 Å². The molecular formula is C23H24N2O3S. The van der Waals surface area contributed by atoms with Gasteiger partial charge in [0.25, 0.3) is 15.9 Å². The Kier molecular flexibility index (Phi) is 5.75. The van der Waals surface area contributed by atoms with E-state index in [0.717, 1.165) is 16.7 Å². The first-order chi connectivity index (χ1) is 13.7. The molecule has 150 valence electrons. The average molecular weight is 409 g/mol. The molecule has 0 atom stereocenters. The molecule has 0 unspecified atom stereocenters. The predicted molar refractivity (Wildman–Crippen MR) is 117 cm³/mol. The SMILES string of the molecule is Cc1cccc(N(C)S(=O)(=O)c2cccc(C(=O)Nc3ccc(C)c(C)c3)c2)c1. The molecule has 1 amide bonds. The highest BCUT2D eigenvalue weighted by molar-refractivity contribution is 7.92. The molecule has 3 rings (SSSR count). The lowest BCUT2D eigenvalue weighted by molar-refractivity contribution is 0.102. The van der Waals surface area contributed by atoms with Crippen LogP contribution in [0.15, 0.2) is 71.6 Å². The monoisotopic (exact) mass is 408 g/mol. The van der Waals surface area contributed by atoms with Crippen LogP contribution < -0.4 is 9.62 Å². The fourth-order valence-corrected chi connectivity index (χ4v) is 4.17. The summed E-state index contributed by atoms with van der Waals surface area (Å²) in [6, 6.07) is 19.0. The topological polar surface area (TPSA) is 66.5 Å². The summed E-state index contributed by atoms with van der Waals surface area (Å²) in [5, 5.41) is 2.83. The third-order valence-electron chi connectivity index (χ3n) is 4.88. The van der Waals surface area contributed by atoms with Crippen LogP contribution in [-0.2, 0) is 10.0 Å². The van der Waals surface area contributed by atoms with Crippen LogP contribution in [0.1, 0.15) is 27.0 Å². The molecule has 0 fully saturated rings. The first-order valence-electron chi connectivity index (χ1n) is 9.23. The highest BCUT2D eigenvalue weighted by Crippen LogP contribution is 2.24. The first kappa shape index (κ1) is 20.6. The molecular weight excluding hydrogens is 384 g/mol. The molecule has 0 spiro atoms. The van der Waals surface area contributed by atoms with E-state index in [-0.39, 0.29) is 16.4 Å². The number of hydrogen-bond donors (Lipinski definition) is 1. The highest BCUT2D eigenvalue weighted by atomic mass is 32.2. The summed E-state index contributed by atoms with van der Waals surface area (Å²) in [6.45, 7) is 5.88. The molecule has 0 bridgehead atoms. The zero-order valence-corrected chi connectivity index (χ0v) is 17.7. The Labute approximate surface area is 172 Å². The van der Waals surface area contributed by atoms with Gasteiger partial charge in [-0.15, -0.1) is 0 Å². The van der Waals surface area contributed by atoms with Gasteiger partial charge >= 0.3 is 0 Å². The molecule has 0 heterocycles. The molecule has 3 aromatic rings. The summed E-state index contributed by atoms with van der Waals surface area (Å²) in [4.78, 5) is 12.7. The van der Waals surface area contributed by atoms with Gasteiger partial charge in [-0.25, -0.2) is 8.42 Å². The van der Waals surface area contributed by atoms with E-state index < -0.39 is 10.0 Å². The molecule has 5 nitrogen and oxygen atoms in total. The van der Waals surface area contributed by atoms with Crippen LogP contribution in [0.25, 0.3) is 0 Å². The standard InChI is InChI=1S/C23H24N2O3S/c1-16-7-5-9-21(13-16)25(4)29(27,28)22-10-6-8-19(15-22)23(26)24-20-12-11-17(2)18(3)14-20/h5-15H,1-4H3,(H,24,26). The van der Waals surface area contributed by atoms with Crippen LogP contribution in [0.4, 0.5) is 11.4 Å². The fourth-order valence-electron chi connectivity index (χ4n) is 2.94. The van der Waals surface area contributed by atoms with Crippen molar-refractivity contribution in [1.29, 1.82) is 0 Å². The number of carbonyl (C=O) groups is 1. The second-order valence-electron chi connectivity index (χ2n) is 7.09. The zero-order valence-electron chi connectivity index (χ0n) is 16.9. The number of carbonyl (C=O) groups excluding carboxylic acids is 1. The Hall–Kier alpha value is -3.12. The van der Waals surface area contributed by atoms with Crippen molar-refractivity contribution in [3.05, 3.63) is 89.0 Å². The van der Waals surface area contributed by atoms with Crippen LogP contribution in [0, 0.1) is 20.8 Å². The van der Waals surface area contributed by atoms with E-state index >= 15 is 0 Å². The quantitative estimate of drug-likeness (QED) is 0.666. The zero-order chi connectivity index (χ0) is 21.2. The van der Waals surface area contributed by atoms with Gasteiger partial charge < -0.3 is 5.32 Å². The summed E-state index contributed by atoms with van der Waals surface area (Å²) >= 11 is 0. The number of amides is 1. The van der Waals surface area contributed by atoms with Gasteiger partial charge in [-0.05, 0) is 79.9 Å². The Morgan fingerprint density at radius 2 is 1.59 bits per heavy atom. The number of aryl methyl sites for hydroxylation is 3. The van der Waals surface area contributed by atoms with E-state index in [2.05, 4.69) is 5.32 Å². The van der Waals surface area contributed by atoms with E-state index in [1.807, 2.05) is 51.1 Å². The lowest BCUT2D eigenvalue weighted by Crippen LogP contribution is -2.27. The van der Waals surface area contributed by atoms with Gasteiger partial charge in [0.15, 0.2) is 0 Å². The van der Waals surface area contributed by atoms with Crippen molar-refractivity contribution in [2.75, 3.05) is 16.7 Å². The molecule has 6 heteroatoms. The molecule has 3 aromatic carbocycles. The molecule has 0 aliphatic carbocycles. The summed E-state index contributed by atoms with van der Waals surface area (Å²) in [7, 11) is -2.29. The van der Waals surface area contributed by atoms with Crippen molar-refractivity contribution in [3.63, 3.8) is 0 Å². The molecule has 0 radical (unpaired) electrons. The average Bonchev–Trinajstić information content (AvgIpc) is 2.70. The summed E-state index contributed by atoms with van der Waals surface area (Å²) in [6.07, 6.45) is 0. The van der Waals surface area contributed by atoms with Gasteiger partial charge in [0, 0.05) is 18.3 Å². The number of rotatable bonds is 5. The van der Waals surface area contributed by atoms with E-state index in [9.17, 15) is 13.2 Å². The van der Waals surface area contributed by atoms with Crippen molar-refractivity contribution in [2.24, 2.45) is 0 Å². The number of sulfonamides is 1. The van der Waals surface area contributed by atoms with Crippen LogP contribution in [0.3, 0.4) is 0 Å². The van der Waals surface area contributed by atoms with Gasteiger partial charge in [-0.1, -0.05) is 24.3 Å². The normalized spacial score (nSPS) is 11.2. The maximum atomic E-state index is 13.1. The molecule has 29 heavy (non-hydrogen) atoms. The lowest BCUT2D eigenvalue weighted by Gasteiger charge is -2.20. The van der Waals surface area contributed by atoms with Gasteiger partial charge in [0.1, 0.15) is 0 Å². The van der Waals surface area contributed by atoms with Gasteiger partial charge in [-0.2, -0.15) is 0 Å². The Morgan fingerprint density at radius 3 is 2.28 bits per heavy atom. The molecule has 0 aromatic heterocycles. The van der Waals surface area contributed by atoms with Gasteiger partial charge in [-0.3, -0.25) is 9.10 Å². The molecule has 1 N–H and O–H groups in total. The van der Waals surface area contributed by atoms with E-state index in [1.54, 1.807) is 24.3 Å². The number of anilines is 2. The maximum Gasteiger partial charge on any atom is 0.264 e. The van der Waals surface area contributed by atoms with Crippen molar-refractivity contribution >= 4 is 27.3 Å². The largest absolute Gasteiger partial charge is 0.322 e. The van der Waals surface area contributed by atoms with Gasteiger partial charge in [0.2, 0.25) is 0 Å². The van der Waals surface area contributed by atoms with Crippen molar-refractivity contribution in [3.8, 4) is 0 Å².